The summed E-state index contributed by atoms with van der Waals surface area (Å²) >= 11 is 0. The summed E-state index contributed by atoms with van der Waals surface area (Å²) in [6.45, 7) is 5.35. The van der Waals surface area contributed by atoms with Gasteiger partial charge in [0.05, 0.1) is 5.56 Å². The van der Waals surface area contributed by atoms with Gasteiger partial charge in [0.1, 0.15) is 0 Å². The molecular weight excluding hydrogens is 307 g/mol. The van der Waals surface area contributed by atoms with Crippen LogP contribution in [-0.2, 0) is 15.7 Å². The largest absolute Gasteiger partial charge is 0.464 e. The molecule has 1 aliphatic rings. The van der Waals surface area contributed by atoms with Crippen molar-refractivity contribution in [2.24, 2.45) is 4.99 Å². The monoisotopic (exact) mass is 327 g/mol. The maximum absolute atomic E-state index is 13.1. The Bertz CT molecular complexity index is 619. The van der Waals surface area contributed by atoms with Gasteiger partial charge in [0.2, 0.25) is 0 Å². The van der Waals surface area contributed by atoms with E-state index >= 15 is 0 Å². The van der Waals surface area contributed by atoms with E-state index in [0.717, 1.165) is 6.07 Å². The van der Waals surface area contributed by atoms with Crippen LogP contribution in [0, 0.1) is 0 Å². The molecule has 126 valence electrons. The second kappa shape index (κ2) is 6.34. The number of ether oxygens (including phenoxy) is 1. The number of hydrogen-bond acceptors (Lipinski definition) is 2. The van der Waals surface area contributed by atoms with Gasteiger partial charge >= 0.3 is 6.18 Å². The third kappa shape index (κ3) is 3.41. The quantitative estimate of drug-likeness (QED) is 0.785. The molecule has 0 saturated heterocycles. The predicted molar refractivity (Wildman–Crippen MR) is 81.3 cm³/mol. The predicted octanol–water partition coefficient (Wildman–Crippen LogP) is 4.71. The molecule has 0 fully saturated rings. The fraction of sp³-hybridized carbons (Fsp3) is 0.529. The molecule has 1 heterocycles. The van der Waals surface area contributed by atoms with Crippen LogP contribution < -0.4 is 0 Å². The van der Waals surface area contributed by atoms with Crippen LogP contribution in [-0.4, -0.2) is 17.4 Å². The third-order valence-corrected chi connectivity index (χ3v) is 4.35. The van der Waals surface area contributed by atoms with E-state index in [9.17, 15) is 18.0 Å². The molecule has 6 heteroatoms. The molecule has 2 rings (SSSR count). The van der Waals surface area contributed by atoms with Gasteiger partial charge in [-0.15, -0.1) is 0 Å². The molecule has 1 aromatic rings. The Labute approximate surface area is 133 Å². The first-order valence-electron chi connectivity index (χ1n) is 7.70. The van der Waals surface area contributed by atoms with Crippen LogP contribution in [0.4, 0.5) is 13.2 Å². The first kappa shape index (κ1) is 17.5. The number of benzene rings is 1. The molecule has 0 spiro atoms. The Morgan fingerprint density at radius 2 is 1.83 bits per heavy atom. The molecule has 1 aromatic carbocycles. The van der Waals surface area contributed by atoms with Crippen molar-refractivity contribution >= 4 is 11.8 Å². The number of alkyl halides is 3. The minimum atomic E-state index is -4.41. The highest BCUT2D eigenvalue weighted by atomic mass is 19.4. The zero-order valence-corrected chi connectivity index (χ0v) is 13.4. The number of amides is 1. The summed E-state index contributed by atoms with van der Waals surface area (Å²) < 4.78 is 45.0. The first-order valence-corrected chi connectivity index (χ1v) is 7.70. The minimum absolute atomic E-state index is 0.167. The van der Waals surface area contributed by atoms with Gasteiger partial charge in [0, 0.05) is 6.42 Å². The van der Waals surface area contributed by atoms with E-state index in [1.165, 1.54) is 12.1 Å². The Morgan fingerprint density at radius 1 is 1.22 bits per heavy atom. The van der Waals surface area contributed by atoms with Gasteiger partial charge < -0.3 is 4.74 Å². The Hall–Kier alpha value is -1.85. The highest BCUT2D eigenvalue weighted by Crippen LogP contribution is 2.37. The maximum atomic E-state index is 13.1. The van der Waals surface area contributed by atoms with Gasteiger partial charge in [-0.3, -0.25) is 4.79 Å². The summed E-state index contributed by atoms with van der Waals surface area (Å²) in [5.74, 6) is -0.569. The fourth-order valence-electron chi connectivity index (χ4n) is 2.85. The van der Waals surface area contributed by atoms with Crippen LogP contribution in [0.1, 0.15) is 57.1 Å². The van der Waals surface area contributed by atoms with Crippen molar-refractivity contribution in [3.8, 4) is 0 Å². The zero-order chi connectivity index (χ0) is 17.3. The van der Waals surface area contributed by atoms with Crippen molar-refractivity contribution in [1.29, 1.82) is 0 Å². The normalized spacial score (nSPS) is 18.5. The van der Waals surface area contributed by atoms with Crippen LogP contribution in [0.3, 0.4) is 0 Å². The summed E-state index contributed by atoms with van der Waals surface area (Å²) in [4.78, 5) is 15.9. The van der Waals surface area contributed by atoms with Crippen molar-refractivity contribution in [3.05, 3.63) is 35.4 Å². The van der Waals surface area contributed by atoms with Crippen LogP contribution >= 0.6 is 0 Å². The standard InChI is InChI=1S/C17H20F3NO2/c1-4-16(5-2)15(22)21-14(23-16)10-11(3)12-8-6-7-9-13(12)17(18,19)20/h6-9,11H,4-5,10H2,1-3H3/t11-/m1/s1. The molecule has 1 atom stereocenters. The third-order valence-electron chi connectivity index (χ3n) is 4.35. The van der Waals surface area contributed by atoms with E-state index in [-0.39, 0.29) is 23.8 Å². The summed E-state index contributed by atoms with van der Waals surface area (Å²) in [5, 5.41) is 0. The molecule has 0 aromatic heterocycles. The highest BCUT2D eigenvalue weighted by molar-refractivity contribution is 6.02. The number of carbonyl (C=O) groups excluding carboxylic acids is 1. The second-order valence-electron chi connectivity index (χ2n) is 5.80. The molecule has 23 heavy (non-hydrogen) atoms. The van der Waals surface area contributed by atoms with E-state index in [1.54, 1.807) is 13.0 Å². The Kier molecular flexibility index (Phi) is 4.82. The van der Waals surface area contributed by atoms with Gasteiger partial charge in [0.25, 0.3) is 5.91 Å². The van der Waals surface area contributed by atoms with Gasteiger partial charge in [0.15, 0.2) is 11.5 Å². The molecule has 1 amide bonds. The van der Waals surface area contributed by atoms with Crippen LogP contribution in [0.25, 0.3) is 0 Å². The SMILES string of the molecule is CCC1(CC)OC(C[C@@H](C)c2ccccc2C(F)(F)F)=NC1=O. The lowest BCUT2D eigenvalue weighted by Crippen LogP contribution is -2.35. The van der Waals surface area contributed by atoms with Gasteiger partial charge in [-0.25, -0.2) is 0 Å². The number of halogens is 3. The lowest BCUT2D eigenvalue weighted by atomic mass is 9.92. The van der Waals surface area contributed by atoms with Gasteiger partial charge in [-0.1, -0.05) is 39.0 Å². The van der Waals surface area contributed by atoms with Crippen molar-refractivity contribution in [2.75, 3.05) is 0 Å². The first-order chi connectivity index (χ1) is 10.7. The van der Waals surface area contributed by atoms with Crippen molar-refractivity contribution < 1.29 is 22.7 Å². The molecule has 0 radical (unpaired) electrons. The minimum Gasteiger partial charge on any atom is -0.464 e. The summed E-state index contributed by atoms with van der Waals surface area (Å²) in [6, 6.07) is 5.46. The number of rotatable bonds is 5. The van der Waals surface area contributed by atoms with Gasteiger partial charge in [-0.2, -0.15) is 18.2 Å². The highest BCUT2D eigenvalue weighted by Gasteiger charge is 2.43. The topological polar surface area (TPSA) is 38.7 Å². The molecule has 0 saturated carbocycles. The fourth-order valence-corrected chi connectivity index (χ4v) is 2.85. The second-order valence-corrected chi connectivity index (χ2v) is 5.80. The Balaban J connectivity index is 2.20. The van der Waals surface area contributed by atoms with Crippen molar-refractivity contribution in [2.45, 2.75) is 57.7 Å². The number of carbonyl (C=O) groups is 1. The van der Waals surface area contributed by atoms with E-state index < -0.39 is 23.3 Å². The molecular formula is C17H20F3NO2. The molecule has 0 N–H and O–H groups in total. The molecule has 0 unspecified atom stereocenters. The Morgan fingerprint density at radius 3 is 2.35 bits per heavy atom. The van der Waals surface area contributed by atoms with Gasteiger partial charge in [-0.05, 0) is 30.4 Å². The van der Waals surface area contributed by atoms with E-state index in [1.807, 2.05) is 13.8 Å². The number of aliphatic imine (C=N–C) groups is 1. The van der Waals surface area contributed by atoms with E-state index in [0.29, 0.717) is 12.8 Å². The average Bonchev–Trinajstić information content (AvgIpc) is 2.82. The smallest absolute Gasteiger partial charge is 0.416 e. The molecule has 1 aliphatic heterocycles. The zero-order valence-electron chi connectivity index (χ0n) is 13.4. The van der Waals surface area contributed by atoms with Crippen LogP contribution in [0.5, 0.6) is 0 Å². The van der Waals surface area contributed by atoms with Crippen LogP contribution in [0.2, 0.25) is 0 Å². The molecule has 3 nitrogen and oxygen atoms in total. The summed E-state index contributed by atoms with van der Waals surface area (Å²) in [7, 11) is 0. The number of hydrogen-bond donors (Lipinski definition) is 0. The lowest BCUT2D eigenvalue weighted by molar-refractivity contribution is -0.138. The lowest BCUT2D eigenvalue weighted by Gasteiger charge is -2.24. The van der Waals surface area contributed by atoms with Crippen LogP contribution in [0.15, 0.2) is 29.3 Å². The maximum Gasteiger partial charge on any atom is 0.416 e. The summed E-state index contributed by atoms with van der Waals surface area (Å²) in [6.07, 6.45) is -3.26. The van der Waals surface area contributed by atoms with E-state index in [4.69, 9.17) is 4.74 Å². The van der Waals surface area contributed by atoms with Crippen molar-refractivity contribution in [1.82, 2.24) is 0 Å². The summed E-state index contributed by atoms with van der Waals surface area (Å²) in [5.41, 5.74) is -1.42. The van der Waals surface area contributed by atoms with E-state index in [2.05, 4.69) is 4.99 Å². The average molecular weight is 327 g/mol. The molecule has 0 bridgehead atoms. The number of nitrogens with zero attached hydrogens (tertiary/aromatic N) is 1. The molecule has 0 aliphatic carbocycles. The van der Waals surface area contributed by atoms with Crippen molar-refractivity contribution in [3.63, 3.8) is 0 Å².